The normalized spacial score (nSPS) is 11.7. The molecule has 10 aromatic carbocycles. The van der Waals surface area contributed by atoms with Crippen molar-refractivity contribution in [3.8, 4) is 11.1 Å². The van der Waals surface area contributed by atoms with Gasteiger partial charge in [0.1, 0.15) is 0 Å². The molecule has 0 N–H and O–H groups in total. The molecule has 0 bridgehead atoms. The zero-order chi connectivity index (χ0) is 39.6. The van der Waals surface area contributed by atoms with E-state index in [0.29, 0.717) is 0 Å². The van der Waals surface area contributed by atoms with Crippen LogP contribution in [0, 0.1) is 0 Å². The molecule has 0 aliphatic heterocycles. The number of hydrogen-bond acceptors (Lipinski definition) is 4. The van der Waals surface area contributed by atoms with Gasteiger partial charge in [-0.1, -0.05) is 146 Å². The van der Waals surface area contributed by atoms with Crippen LogP contribution in [-0.2, 0) is 0 Å². The summed E-state index contributed by atoms with van der Waals surface area (Å²) in [5, 5.41) is 10.3. The molecule has 0 aliphatic rings. The van der Waals surface area contributed by atoms with Crippen molar-refractivity contribution in [1.82, 2.24) is 0 Å². The third kappa shape index (κ3) is 5.68. The SMILES string of the molecule is c1ccc(N(c2ccc(-c3ccc(N(c4ccccc4)c4cc5ccccc5c5c4sc4ccccc45)cc3)cc2)c2cc3ccccc3c3c2sc2ccccc23)cc1. The van der Waals surface area contributed by atoms with E-state index in [4.69, 9.17) is 0 Å². The van der Waals surface area contributed by atoms with Gasteiger partial charge in [-0.3, -0.25) is 0 Å². The van der Waals surface area contributed by atoms with Crippen LogP contribution in [0.25, 0.3) is 73.0 Å². The molecular weight excluding hydrogens is 765 g/mol. The third-order valence-corrected chi connectivity index (χ3v) is 14.2. The number of para-hydroxylation sites is 2. The summed E-state index contributed by atoms with van der Waals surface area (Å²) in [6, 6.07) is 79.7. The monoisotopic (exact) mass is 800 g/mol. The standard InChI is InChI=1S/C56H36N2S2/c1-3-17-41(18-4-1)57(49-35-39-15-7-9-21-45(39)53-47-23-11-13-25-51(47)59-55(49)53)43-31-27-37(28-32-43)38-29-33-44(34-30-38)58(42-19-5-2-6-20-42)50-36-40-16-8-10-22-46(40)54-48-24-12-14-26-52(48)60-56(50)54/h1-36H. The van der Waals surface area contributed by atoms with Crippen molar-refractivity contribution < 1.29 is 0 Å². The zero-order valence-corrected chi connectivity index (χ0v) is 34.1. The van der Waals surface area contributed by atoms with E-state index in [9.17, 15) is 0 Å². The van der Waals surface area contributed by atoms with Crippen LogP contribution in [-0.4, -0.2) is 0 Å². The molecule has 0 saturated carbocycles. The van der Waals surface area contributed by atoms with Gasteiger partial charge in [0.25, 0.3) is 0 Å². The van der Waals surface area contributed by atoms with Gasteiger partial charge in [-0.05, 0) is 105 Å². The summed E-state index contributed by atoms with van der Waals surface area (Å²) in [6.07, 6.45) is 0. The van der Waals surface area contributed by atoms with Crippen molar-refractivity contribution in [2.75, 3.05) is 9.80 Å². The molecule has 0 spiro atoms. The molecule has 0 radical (unpaired) electrons. The van der Waals surface area contributed by atoms with Gasteiger partial charge in [-0.15, -0.1) is 22.7 Å². The second kappa shape index (κ2) is 14.2. The highest BCUT2D eigenvalue weighted by atomic mass is 32.1. The summed E-state index contributed by atoms with van der Waals surface area (Å²) >= 11 is 3.76. The summed E-state index contributed by atoms with van der Waals surface area (Å²) in [4.78, 5) is 4.85. The summed E-state index contributed by atoms with van der Waals surface area (Å²) in [7, 11) is 0. The maximum absolute atomic E-state index is 2.42. The smallest absolute Gasteiger partial charge is 0.0646 e. The third-order valence-electron chi connectivity index (χ3n) is 11.8. The Labute approximate surface area is 356 Å². The number of hydrogen-bond donors (Lipinski definition) is 0. The van der Waals surface area contributed by atoms with E-state index in [1.165, 1.54) is 84.4 Å². The largest absolute Gasteiger partial charge is 0.309 e. The fourth-order valence-corrected chi connectivity index (χ4v) is 11.5. The molecule has 12 aromatic rings. The number of benzene rings is 10. The van der Waals surface area contributed by atoms with E-state index >= 15 is 0 Å². The van der Waals surface area contributed by atoms with E-state index in [-0.39, 0.29) is 0 Å². The number of thiophene rings is 2. The van der Waals surface area contributed by atoms with Crippen molar-refractivity contribution in [3.63, 3.8) is 0 Å². The van der Waals surface area contributed by atoms with Gasteiger partial charge in [-0.25, -0.2) is 0 Å². The number of anilines is 6. The lowest BCUT2D eigenvalue weighted by molar-refractivity contribution is 1.30. The van der Waals surface area contributed by atoms with E-state index in [1.807, 2.05) is 22.7 Å². The van der Waals surface area contributed by atoms with Gasteiger partial charge < -0.3 is 9.80 Å². The molecule has 0 saturated heterocycles. The Hall–Kier alpha value is -7.24. The van der Waals surface area contributed by atoms with E-state index in [1.54, 1.807) is 0 Å². The molecule has 2 heterocycles. The predicted octanol–water partition coefficient (Wildman–Crippen LogP) is 17.3. The highest BCUT2D eigenvalue weighted by molar-refractivity contribution is 7.27. The van der Waals surface area contributed by atoms with E-state index in [2.05, 4.69) is 228 Å². The lowest BCUT2D eigenvalue weighted by Gasteiger charge is -2.27. The van der Waals surface area contributed by atoms with Crippen molar-refractivity contribution in [3.05, 3.63) is 218 Å². The molecule has 282 valence electrons. The minimum absolute atomic E-state index is 1.12. The van der Waals surface area contributed by atoms with Crippen molar-refractivity contribution >= 4 is 119 Å². The first-order valence-corrected chi connectivity index (χ1v) is 22.0. The van der Waals surface area contributed by atoms with Crippen LogP contribution in [0.4, 0.5) is 34.1 Å². The Morgan fingerprint density at radius 2 is 0.617 bits per heavy atom. The molecule has 0 aliphatic carbocycles. The molecule has 2 nitrogen and oxygen atoms in total. The summed E-state index contributed by atoms with van der Waals surface area (Å²) in [5.74, 6) is 0. The first kappa shape index (κ1) is 34.8. The molecule has 0 fully saturated rings. The molecule has 0 amide bonds. The summed E-state index contributed by atoms with van der Waals surface area (Å²) in [5.41, 5.74) is 9.23. The second-order valence-electron chi connectivity index (χ2n) is 15.3. The molecule has 12 rings (SSSR count). The van der Waals surface area contributed by atoms with Crippen LogP contribution < -0.4 is 9.80 Å². The quantitative estimate of drug-likeness (QED) is 0.158. The maximum Gasteiger partial charge on any atom is 0.0646 e. The van der Waals surface area contributed by atoms with Crippen LogP contribution >= 0.6 is 22.7 Å². The number of rotatable bonds is 7. The van der Waals surface area contributed by atoms with Crippen LogP contribution in [0.1, 0.15) is 0 Å². The van der Waals surface area contributed by atoms with Crippen molar-refractivity contribution in [2.24, 2.45) is 0 Å². The first-order valence-electron chi connectivity index (χ1n) is 20.3. The van der Waals surface area contributed by atoms with E-state index < -0.39 is 0 Å². The Bertz CT molecular complexity index is 3300. The molecule has 0 unspecified atom stereocenters. The topological polar surface area (TPSA) is 6.48 Å². The van der Waals surface area contributed by atoms with Gasteiger partial charge in [-0.2, -0.15) is 0 Å². The highest BCUT2D eigenvalue weighted by Crippen LogP contribution is 2.50. The summed E-state index contributed by atoms with van der Waals surface area (Å²) in [6.45, 7) is 0. The van der Waals surface area contributed by atoms with Crippen LogP contribution in [0.5, 0.6) is 0 Å². The van der Waals surface area contributed by atoms with Crippen LogP contribution in [0.15, 0.2) is 218 Å². The maximum atomic E-state index is 2.42. The Morgan fingerprint density at radius 3 is 1.03 bits per heavy atom. The van der Waals surface area contributed by atoms with Gasteiger partial charge in [0, 0.05) is 53.7 Å². The molecule has 4 heteroatoms. The Kier molecular flexibility index (Phi) is 8.25. The second-order valence-corrected chi connectivity index (χ2v) is 17.4. The molecule has 2 aromatic heterocycles. The minimum Gasteiger partial charge on any atom is -0.309 e. The van der Waals surface area contributed by atoms with Crippen molar-refractivity contribution in [1.29, 1.82) is 0 Å². The average molecular weight is 801 g/mol. The van der Waals surface area contributed by atoms with Crippen LogP contribution in [0.2, 0.25) is 0 Å². The van der Waals surface area contributed by atoms with Gasteiger partial charge in [0.2, 0.25) is 0 Å². The van der Waals surface area contributed by atoms with Crippen LogP contribution in [0.3, 0.4) is 0 Å². The van der Waals surface area contributed by atoms with Gasteiger partial charge in [0.05, 0.1) is 20.8 Å². The lowest BCUT2D eigenvalue weighted by Crippen LogP contribution is -2.10. The molecule has 60 heavy (non-hydrogen) atoms. The molecular formula is C56H36N2S2. The lowest BCUT2D eigenvalue weighted by atomic mass is 10.0. The molecule has 0 atom stereocenters. The minimum atomic E-state index is 1.12. The fraction of sp³-hybridized carbons (Fsp3) is 0. The fourth-order valence-electron chi connectivity index (χ4n) is 9.06. The predicted molar refractivity (Wildman–Crippen MR) is 262 cm³/mol. The number of fused-ring (bicyclic) bond motifs is 10. The number of nitrogens with zero attached hydrogens (tertiary/aromatic N) is 2. The van der Waals surface area contributed by atoms with Crippen molar-refractivity contribution in [2.45, 2.75) is 0 Å². The Morgan fingerprint density at radius 1 is 0.283 bits per heavy atom. The van der Waals surface area contributed by atoms with Gasteiger partial charge in [0.15, 0.2) is 0 Å². The van der Waals surface area contributed by atoms with Gasteiger partial charge >= 0.3 is 0 Å². The van der Waals surface area contributed by atoms with E-state index in [0.717, 1.165) is 22.7 Å². The highest BCUT2D eigenvalue weighted by Gasteiger charge is 2.22. The zero-order valence-electron chi connectivity index (χ0n) is 32.5. The average Bonchev–Trinajstić information content (AvgIpc) is 3.91. The first-order chi connectivity index (χ1) is 29.8. The summed E-state index contributed by atoms with van der Waals surface area (Å²) < 4.78 is 5.19. The Balaban J connectivity index is 0.964.